The lowest BCUT2D eigenvalue weighted by molar-refractivity contribution is 0.0893. The Hall–Kier alpha value is -0.540. The quantitative estimate of drug-likeness (QED) is 0.792. The lowest BCUT2D eigenvalue weighted by Gasteiger charge is -2.34. The first-order valence-corrected chi connectivity index (χ1v) is 7.30. The van der Waals surface area contributed by atoms with Crippen LogP contribution in [0.2, 0.25) is 0 Å². The van der Waals surface area contributed by atoms with Crippen molar-refractivity contribution in [3.8, 4) is 0 Å². The van der Waals surface area contributed by atoms with Crippen LogP contribution >= 0.6 is 15.9 Å². The van der Waals surface area contributed by atoms with Crippen LogP contribution in [0.25, 0.3) is 0 Å². The minimum Gasteiger partial charge on any atom is -0.380 e. The second-order valence-corrected chi connectivity index (χ2v) is 5.26. The fourth-order valence-corrected chi connectivity index (χ4v) is 2.85. The summed E-state index contributed by atoms with van der Waals surface area (Å²) < 4.78 is 5.48. The number of benzene rings is 1. The van der Waals surface area contributed by atoms with Gasteiger partial charge in [0.2, 0.25) is 0 Å². The van der Waals surface area contributed by atoms with Crippen molar-refractivity contribution in [3.05, 3.63) is 29.3 Å². The molecule has 0 radical (unpaired) electrons. The van der Waals surface area contributed by atoms with Crippen LogP contribution in [-0.2, 0) is 10.1 Å². The summed E-state index contributed by atoms with van der Waals surface area (Å²) >= 11 is 3.50. The summed E-state index contributed by atoms with van der Waals surface area (Å²) in [4.78, 5) is 2.45. The van der Waals surface area contributed by atoms with E-state index < -0.39 is 0 Å². The average Bonchev–Trinajstić information content (AvgIpc) is 2.38. The Morgan fingerprint density at radius 1 is 1.47 bits per heavy atom. The highest BCUT2D eigenvalue weighted by Gasteiger charge is 2.20. The summed E-state index contributed by atoms with van der Waals surface area (Å²) in [5, 5.41) is 0.925. The van der Waals surface area contributed by atoms with Gasteiger partial charge in [-0.2, -0.15) is 0 Å². The molecule has 3 heteroatoms. The Balaban J connectivity index is 2.16. The molecule has 1 atom stereocenters. The Bertz CT molecular complexity index is 380. The fourth-order valence-electron chi connectivity index (χ4n) is 2.50. The first kappa shape index (κ1) is 12.9. The fraction of sp³-hybridized carbons (Fsp3) is 0.571. The topological polar surface area (TPSA) is 12.5 Å². The number of hydrogen-bond donors (Lipinski definition) is 0. The number of anilines is 1. The summed E-state index contributed by atoms with van der Waals surface area (Å²) in [6.45, 7) is 4.36. The van der Waals surface area contributed by atoms with Crippen LogP contribution in [0.5, 0.6) is 0 Å². The Labute approximate surface area is 112 Å². The van der Waals surface area contributed by atoms with Crippen molar-refractivity contribution in [3.63, 3.8) is 0 Å². The largest absolute Gasteiger partial charge is 0.380 e. The van der Waals surface area contributed by atoms with E-state index in [2.05, 4.69) is 46.0 Å². The van der Waals surface area contributed by atoms with Gasteiger partial charge in [-0.3, -0.25) is 0 Å². The molecule has 0 amide bonds. The maximum absolute atomic E-state index is 5.48. The third kappa shape index (κ3) is 3.02. The smallest absolute Gasteiger partial charge is 0.0746 e. The molecule has 1 aliphatic rings. The molecule has 0 bridgehead atoms. The third-order valence-corrected chi connectivity index (χ3v) is 4.12. The summed E-state index contributed by atoms with van der Waals surface area (Å²) in [6.07, 6.45) is 2.79. The maximum Gasteiger partial charge on any atom is 0.0746 e. The van der Waals surface area contributed by atoms with E-state index in [4.69, 9.17) is 4.74 Å². The molecule has 1 aromatic carbocycles. The van der Waals surface area contributed by atoms with Gasteiger partial charge in [-0.05, 0) is 37.0 Å². The molecular weight excluding hydrogens is 278 g/mol. The summed E-state index contributed by atoms with van der Waals surface area (Å²) in [7, 11) is 1.81. The van der Waals surface area contributed by atoms with E-state index in [1.807, 2.05) is 7.11 Å². The molecule has 0 spiro atoms. The number of rotatable bonds is 3. The van der Waals surface area contributed by atoms with Crippen LogP contribution in [0.4, 0.5) is 5.69 Å². The van der Waals surface area contributed by atoms with Gasteiger partial charge in [0, 0.05) is 31.2 Å². The lowest BCUT2D eigenvalue weighted by Crippen LogP contribution is -2.39. The molecule has 1 aliphatic heterocycles. The predicted octanol–water partition coefficient (Wildman–Crippen LogP) is 3.51. The van der Waals surface area contributed by atoms with E-state index in [0.29, 0.717) is 6.10 Å². The van der Waals surface area contributed by atoms with Gasteiger partial charge in [0.25, 0.3) is 0 Å². The SMILES string of the molecule is COC1CCCN(c2ccc(CBr)cc2C)C1. The lowest BCUT2D eigenvalue weighted by atomic mass is 10.0. The second-order valence-electron chi connectivity index (χ2n) is 4.70. The summed E-state index contributed by atoms with van der Waals surface area (Å²) in [6, 6.07) is 6.71. The predicted molar refractivity (Wildman–Crippen MR) is 76.1 cm³/mol. The minimum atomic E-state index is 0.388. The molecule has 2 nitrogen and oxygen atoms in total. The van der Waals surface area contributed by atoms with Crippen LogP contribution in [0.3, 0.4) is 0 Å². The van der Waals surface area contributed by atoms with Crippen LogP contribution in [0.15, 0.2) is 18.2 Å². The average molecular weight is 298 g/mol. The zero-order valence-corrected chi connectivity index (χ0v) is 12.2. The van der Waals surface area contributed by atoms with Crippen molar-refractivity contribution >= 4 is 21.6 Å². The van der Waals surface area contributed by atoms with Crippen molar-refractivity contribution in [1.29, 1.82) is 0 Å². The molecule has 0 N–H and O–H groups in total. The van der Waals surface area contributed by atoms with Crippen molar-refractivity contribution in [1.82, 2.24) is 0 Å². The van der Waals surface area contributed by atoms with E-state index in [1.54, 1.807) is 0 Å². The van der Waals surface area contributed by atoms with Gasteiger partial charge >= 0.3 is 0 Å². The number of nitrogens with zero attached hydrogens (tertiary/aromatic N) is 1. The molecule has 2 rings (SSSR count). The first-order valence-electron chi connectivity index (χ1n) is 6.18. The molecule has 1 heterocycles. The third-order valence-electron chi connectivity index (χ3n) is 3.47. The van der Waals surface area contributed by atoms with Crippen LogP contribution in [0.1, 0.15) is 24.0 Å². The zero-order chi connectivity index (χ0) is 12.3. The zero-order valence-electron chi connectivity index (χ0n) is 10.6. The van der Waals surface area contributed by atoms with Gasteiger partial charge in [0.15, 0.2) is 0 Å². The monoisotopic (exact) mass is 297 g/mol. The number of alkyl halides is 1. The van der Waals surface area contributed by atoms with E-state index in [9.17, 15) is 0 Å². The first-order chi connectivity index (χ1) is 8.24. The number of halogens is 1. The molecular formula is C14H20BrNO. The van der Waals surface area contributed by atoms with E-state index in [0.717, 1.165) is 18.4 Å². The normalized spacial score (nSPS) is 20.6. The molecule has 1 aromatic rings. The standard InChI is InChI=1S/C14H20BrNO/c1-11-8-12(9-15)5-6-14(11)16-7-3-4-13(10-16)17-2/h5-6,8,13H,3-4,7,9-10H2,1-2H3. The van der Waals surface area contributed by atoms with Gasteiger partial charge in [-0.1, -0.05) is 28.1 Å². The molecule has 1 fully saturated rings. The molecule has 17 heavy (non-hydrogen) atoms. The highest BCUT2D eigenvalue weighted by Crippen LogP contribution is 2.26. The molecule has 0 aliphatic carbocycles. The number of ether oxygens (including phenoxy) is 1. The number of piperidine rings is 1. The van der Waals surface area contributed by atoms with Gasteiger partial charge in [0.1, 0.15) is 0 Å². The Morgan fingerprint density at radius 2 is 2.29 bits per heavy atom. The van der Waals surface area contributed by atoms with Gasteiger partial charge in [0.05, 0.1) is 6.10 Å². The molecule has 1 saturated heterocycles. The van der Waals surface area contributed by atoms with Gasteiger partial charge < -0.3 is 9.64 Å². The maximum atomic E-state index is 5.48. The summed E-state index contributed by atoms with van der Waals surface area (Å²) in [5.41, 5.74) is 4.06. The van der Waals surface area contributed by atoms with Gasteiger partial charge in [-0.15, -0.1) is 0 Å². The molecule has 0 saturated carbocycles. The molecule has 1 unspecified atom stereocenters. The summed E-state index contributed by atoms with van der Waals surface area (Å²) in [5.74, 6) is 0. The van der Waals surface area contributed by atoms with Crippen LogP contribution < -0.4 is 4.90 Å². The Kier molecular flexibility index (Phi) is 4.46. The van der Waals surface area contributed by atoms with E-state index in [1.165, 1.54) is 29.7 Å². The van der Waals surface area contributed by atoms with Crippen molar-refractivity contribution < 1.29 is 4.74 Å². The highest BCUT2D eigenvalue weighted by atomic mass is 79.9. The molecule has 94 valence electrons. The van der Waals surface area contributed by atoms with E-state index in [-0.39, 0.29) is 0 Å². The number of methoxy groups -OCH3 is 1. The van der Waals surface area contributed by atoms with Gasteiger partial charge in [-0.25, -0.2) is 0 Å². The van der Waals surface area contributed by atoms with Crippen molar-refractivity contribution in [2.75, 3.05) is 25.1 Å². The minimum absolute atomic E-state index is 0.388. The number of aryl methyl sites for hydroxylation is 1. The van der Waals surface area contributed by atoms with Crippen LogP contribution in [0, 0.1) is 6.92 Å². The Morgan fingerprint density at radius 3 is 2.94 bits per heavy atom. The number of hydrogen-bond acceptors (Lipinski definition) is 2. The van der Waals surface area contributed by atoms with E-state index >= 15 is 0 Å². The van der Waals surface area contributed by atoms with Crippen molar-refractivity contribution in [2.24, 2.45) is 0 Å². The highest BCUT2D eigenvalue weighted by molar-refractivity contribution is 9.08. The van der Waals surface area contributed by atoms with Crippen LogP contribution in [-0.4, -0.2) is 26.3 Å². The van der Waals surface area contributed by atoms with Crippen molar-refractivity contribution in [2.45, 2.75) is 31.2 Å². The molecule has 0 aromatic heterocycles. The second kappa shape index (κ2) is 5.87.